The van der Waals surface area contributed by atoms with Crippen LogP contribution in [0.1, 0.15) is 31.4 Å². The summed E-state index contributed by atoms with van der Waals surface area (Å²) < 4.78 is 43.1. The van der Waals surface area contributed by atoms with E-state index in [1.54, 1.807) is 24.3 Å². The largest absolute Gasteiger partial charge is 0.508 e. The number of phenols is 1. The lowest BCUT2D eigenvalue weighted by molar-refractivity contribution is 0.304. The summed E-state index contributed by atoms with van der Waals surface area (Å²) in [6.45, 7) is 6.24. The third kappa shape index (κ3) is 3.97. The topological polar surface area (TPSA) is 79.9 Å². The number of aromatic amines is 1. The number of anilines is 1. The first-order chi connectivity index (χ1) is 16.3. The first-order valence-electron chi connectivity index (χ1n) is 11.5. The Kier molecular flexibility index (Phi) is 5.87. The lowest BCUT2D eigenvalue weighted by atomic mass is 9.99. The molecule has 34 heavy (non-hydrogen) atoms. The van der Waals surface area contributed by atoms with Crippen LogP contribution in [0.2, 0.25) is 0 Å². The summed E-state index contributed by atoms with van der Waals surface area (Å²) in [6, 6.07) is 9.62. The summed E-state index contributed by atoms with van der Waals surface area (Å²) in [4.78, 5) is 5.38. The molecule has 0 saturated heterocycles. The van der Waals surface area contributed by atoms with E-state index < -0.39 is 10.2 Å². The fraction of sp³-hybridized carbons (Fsp3) is 0.360. The molecule has 0 spiro atoms. The van der Waals surface area contributed by atoms with Crippen LogP contribution in [-0.4, -0.2) is 59.9 Å². The van der Waals surface area contributed by atoms with Gasteiger partial charge in [-0.3, -0.25) is 9.21 Å². The number of benzene rings is 2. The van der Waals surface area contributed by atoms with Crippen molar-refractivity contribution >= 4 is 32.4 Å². The number of halogens is 1. The number of phenolic OH excluding ortho intramolecular Hbond substituents is 1. The molecule has 0 unspecified atom stereocenters. The molecule has 3 heterocycles. The van der Waals surface area contributed by atoms with Gasteiger partial charge in [-0.15, -0.1) is 0 Å². The molecule has 7 nitrogen and oxygen atoms in total. The average Bonchev–Trinajstić information content (AvgIpc) is 3.21. The van der Waals surface area contributed by atoms with Crippen molar-refractivity contribution < 1.29 is 17.9 Å². The highest BCUT2D eigenvalue weighted by atomic mass is 32.2. The van der Waals surface area contributed by atoms with E-state index in [0.29, 0.717) is 30.9 Å². The van der Waals surface area contributed by atoms with Gasteiger partial charge >= 0.3 is 10.2 Å². The van der Waals surface area contributed by atoms with Gasteiger partial charge in [-0.2, -0.15) is 12.7 Å². The van der Waals surface area contributed by atoms with Crippen molar-refractivity contribution in [3.63, 3.8) is 0 Å². The van der Waals surface area contributed by atoms with Crippen molar-refractivity contribution in [2.75, 3.05) is 30.5 Å². The zero-order chi connectivity index (χ0) is 24.0. The summed E-state index contributed by atoms with van der Waals surface area (Å²) in [6.07, 6.45) is 4.92. The molecule has 2 N–H and O–H groups in total. The van der Waals surface area contributed by atoms with Gasteiger partial charge in [-0.25, -0.2) is 4.39 Å². The maximum Gasteiger partial charge on any atom is 0.304 e. The quantitative estimate of drug-likeness (QED) is 0.572. The first-order valence-corrected chi connectivity index (χ1v) is 12.9. The van der Waals surface area contributed by atoms with E-state index in [-0.39, 0.29) is 24.2 Å². The second kappa shape index (κ2) is 8.72. The van der Waals surface area contributed by atoms with E-state index in [1.807, 2.05) is 20.0 Å². The highest BCUT2D eigenvalue weighted by molar-refractivity contribution is 7.90. The van der Waals surface area contributed by atoms with Gasteiger partial charge in [-0.1, -0.05) is 12.1 Å². The van der Waals surface area contributed by atoms with Crippen molar-refractivity contribution in [1.29, 1.82) is 0 Å². The number of aromatic hydroxyl groups is 1. The van der Waals surface area contributed by atoms with Crippen LogP contribution >= 0.6 is 0 Å². The Balaban J connectivity index is 1.33. The van der Waals surface area contributed by atoms with Gasteiger partial charge in [0.2, 0.25) is 0 Å². The molecule has 2 aromatic carbocycles. The molecule has 2 aliphatic rings. The molecule has 2 aliphatic heterocycles. The van der Waals surface area contributed by atoms with Crippen molar-refractivity contribution in [2.24, 2.45) is 0 Å². The molecule has 3 aromatic rings. The third-order valence-electron chi connectivity index (χ3n) is 6.76. The monoisotopic (exact) mass is 484 g/mol. The predicted molar refractivity (Wildman–Crippen MR) is 132 cm³/mol. The van der Waals surface area contributed by atoms with Gasteiger partial charge in [0.05, 0.1) is 5.69 Å². The van der Waals surface area contributed by atoms with Gasteiger partial charge in [0.25, 0.3) is 0 Å². The Morgan fingerprint density at radius 3 is 2.74 bits per heavy atom. The van der Waals surface area contributed by atoms with Crippen LogP contribution in [0.5, 0.6) is 5.75 Å². The molecule has 180 valence electrons. The molecule has 9 heteroatoms. The molecule has 0 saturated carbocycles. The van der Waals surface area contributed by atoms with E-state index in [4.69, 9.17) is 0 Å². The van der Waals surface area contributed by atoms with E-state index in [9.17, 15) is 17.9 Å². The van der Waals surface area contributed by atoms with Gasteiger partial charge in [-0.05, 0) is 56.2 Å². The summed E-state index contributed by atoms with van der Waals surface area (Å²) in [5.74, 6) is -0.143. The molecule has 5 rings (SSSR count). The van der Waals surface area contributed by atoms with Crippen LogP contribution < -0.4 is 4.31 Å². The van der Waals surface area contributed by atoms with Crippen LogP contribution in [0, 0.1) is 5.82 Å². The number of nitrogens with one attached hydrogen (secondary N) is 1. The zero-order valence-corrected chi connectivity index (χ0v) is 20.1. The summed E-state index contributed by atoms with van der Waals surface area (Å²) in [5, 5.41) is 11.4. The number of fused-ring (bicyclic) bond motifs is 2. The van der Waals surface area contributed by atoms with Gasteiger partial charge in [0.15, 0.2) is 0 Å². The standard InChI is InChI=1S/C25H29FN4O3S/c1-17(2)30-16-22-24(4-3-5-25(22)31)29(34(30,32)33)13-12-28-10-8-18(9-11-28)21-15-27-23-14-19(26)6-7-20(21)23/h3-8,14-15,17,27,31H,9-13,16H2,1-2H3. The summed E-state index contributed by atoms with van der Waals surface area (Å²) >= 11 is 0. The Morgan fingerprint density at radius 2 is 2.00 bits per heavy atom. The van der Waals surface area contributed by atoms with Crippen molar-refractivity contribution in [3.05, 3.63) is 65.6 Å². The van der Waals surface area contributed by atoms with Crippen molar-refractivity contribution in [2.45, 2.75) is 32.9 Å². The SMILES string of the molecule is CC(C)N1Cc2c(O)cccc2N(CCN2CC=C(c3c[nH]c4cc(F)ccc34)CC2)S1(=O)=O. The maximum atomic E-state index is 13.5. The molecule has 0 amide bonds. The fourth-order valence-electron chi connectivity index (χ4n) is 4.89. The first kappa shape index (κ1) is 22.9. The Hall–Kier alpha value is -2.88. The minimum absolute atomic E-state index is 0.118. The Bertz CT molecular complexity index is 1370. The lowest BCUT2D eigenvalue weighted by Gasteiger charge is -2.40. The maximum absolute atomic E-state index is 13.5. The molecular weight excluding hydrogens is 455 g/mol. The van der Waals surface area contributed by atoms with E-state index in [2.05, 4.69) is 16.0 Å². The smallest absolute Gasteiger partial charge is 0.304 e. The van der Waals surface area contributed by atoms with E-state index in [1.165, 1.54) is 26.3 Å². The van der Waals surface area contributed by atoms with Gasteiger partial charge in [0.1, 0.15) is 11.6 Å². The molecular formula is C25H29FN4O3S. The highest BCUT2D eigenvalue weighted by Crippen LogP contribution is 2.38. The van der Waals surface area contributed by atoms with Crippen LogP contribution in [0.15, 0.2) is 48.7 Å². The fourth-order valence-corrected chi connectivity index (χ4v) is 6.70. The second-order valence-electron chi connectivity index (χ2n) is 9.17. The minimum Gasteiger partial charge on any atom is -0.508 e. The average molecular weight is 485 g/mol. The number of nitrogens with zero attached hydrogens (tertiary/aromatic N) is 3. The molecule has 0 aliphatic carbocycles. The predicted octanol–water partition coefficient (Wildman–Crippen LogP) is 4.08. The number of hydrogen-bond donors (Lipinski definition) is 2. The lowest BCUT2D eigenvalue weighted by Crippen LogP contribution is -2.52. The van der Waals surface area contributed by atoms with E-state index >= 15 is 0 Å². The van der Waals surface area contributed by atoms with Crippen molar-refractivity contribution in [1.82, 2.24) is 14.2 Å². The number of hydrogen-bond acceptors (Lipinski definition) is 4. The number of H-pyrrole nitrogens is 1. The van der Waals surface area contributed by atoms with Gasteiger partial charge < -0.3 is 10.1 Å². The van der Waals surface area contributed by atoms with E-state index in [0.717, 1.165) is 29.4 Å². The number of aromatic nitrogens is 1. The van der Waals surface area contributed by atoms with Crippen molar-refractivity contribution in [3.8, 4) is 5.75 Å². The Labute approximate surface area is 199 Å². The second-order valence-corrected chi connectivity index (χ2v) is 11.0. The van der Waals surface area contributed by atoms with Crippen LogP contribution in [0.25, 0.3) is 16.5 Å². The number of rotatable bonds is 5. The molecule has 0 radical (unpaired) electrons. The minimum atomic E-state index is -3.69. The third-order valence-corrected chi connectivity index (χ3v) is 8.84. The Morgan fingerprint density at radius 1 is 1.18 bits per heavy atom. The van der Waals surface area contributed by atoms with Crippen LogP contribution in [0.4, 0.5) is 10.1 Å². The van der Waals surface area contributed by atoms with Crippen LogP contribution in [-0.2, 0) is 16.8 Å². The zero-order valence-electron chi connectivity index (χ0n) is 19.3. The molecule has 0 fully saturated rings. The molecule has 1 aromatic heterocycles. The molecule has 0 bridgehead atoms. The van der Waals surface area contributed by atoms with Gasteiger partial charge in [0, 0.05) is 67.0 Å². The summed E-state index contributed by atoms with van der Waals surface area (Å²) in [7, 11) is -3.69. The van der Waals surface area contributed by atoms with Crippen LogP contribution in [0.3, 0.4) is 0 Å². The molecule has 0 atom stereocenters. The summed E-state index contributed by atoms with van der Waals surface area (Å²) in [5.41, 5.74) is 4.27. The normalized spacial score (nSPS) is 18.9. The highest BCUT2D eigenvalue weighted by Gasteiger charge is 2.39.